The Balaban J connectivity index is 3.15. The predicted octanol–water partition coefficient (Wildman–Crippen LogP) is 4.38. The average molecular weight is 248 g/mol. The van der Waals surface area contributed by atoms with Gasteiger partial charge in [-0.15, -0.1) is 0 Å². The lowest BCUT2D eigenvalue weighted by molar-refractivity contribution is -0.137. The normalized spacial score (nSPS) is 13.2. The molecule has 1 aromatic rings. The zero-order chi connectivity index (χ0) is 12.3. The lowest BCUT2D eigenvalue weighted by Crippen LogP contribution is -2.06. The molecule has 0 N–H and O–H groups in total. The highest BCUT2D eigenvalue weighted by molar-refractivity contribution is 6.31. The highest BCUT2D eigenvalue weighted by Crippen LogP contribution is 2.36. The summed E-state index contributed by atoms with van der Waals surface area (Å²) >= 11 is 5.54. The number of hydrogen-bond acceptors (Lipinski definition) is 1. The minimum absolute atomic E-state index is 0.362. The van der Waals surface area contributed by atoms with E-state index in [2.05, 4.69) is 0 Å². The molecule has 1 aromatic carbocycles. The molecule has 0 bridgehead atoms. The van der Waals surface area contributed by atoms with Crippen LogP contribution in [0.15, 0.2) is 18.2 Å². The van der Waals surface area contributed by atoms with Gasteiger partial charge in [-0.25, -0.2) is 0 Å². The number of nitrogens with zero attached hydrogens (tertiary/aromatic N) is 1. The van der Waals surface area contributed by atoms with E-state index in [0.29, 0.717) is 12.0 Å². The van der Waals surface area contributed by atoms with Crippen LogP contribution < -0.4 is 0 Å². The van der Waals surface area contributed by atoms with E-state index in [0.717, 1.165) is 6.07 Å². The molecule has 5 heteroatoms. The van der Waals surface area contributed by atoms with Crippen LogP contribution in [0.25, 0.3) is 0 Å². The zero-order valence-electron chi connectivity index (χ0n) is 8.48. The molecule has 0 fully saturated rings. The Morgan fingerprint density at radius 3 is 2.44 bits per heavy atom. The number of rotatable bonds is 2. The van der Waals surface area contributed by atoms with Crippen LogP contribution in [0.4, 0.5) is 13.2 Å². The molecule has 1 unspecified atom stereocenters. The molecule has 16 heavy (non-hydrogen) atoms. The van der Waals surface area contributed by atoms with Crippen molar-refractivity contribution in [1.29, 1.82) is 5.26 Å². The van der Waals surface area contributed by atoms with Crippen molar-refractivity contribution in [1.82, 2.24) is 0 Å². The van der Waals surface area contributed by atoms with E-state index in [9.17, 15) is 13.2 Å². The Labute approximate surface area is 96.4 Å². The number of halogens is 4. The Hall–Kier alpha value is -1.21. The van der Waals surface area contributed by atoms with Crippen molar-refractivity contribution < 1.29 is 13.2 Å². The van der Waals surface area contributed by atoms with E-state index >= 15 is 0 Å². The van der Waals surface area contributed by atoms with Crippen molar-refractivity contribution in [2.24, 2.45) is 0 Å². The molecule has 1 rings (SSSR count). The molecule has 0 saturated carbocycles. The van der Waals surface area contributed by atoms with Crippen molar-refractivity contribution in [3.05, 3.63) is 34.3 Å². The van der Waals surface area contributed by atoms with Gasteiger partial charge in [-0.05, 0) is 24.1 Å². The summed E-state index contributed by atoms with van der Waals surface area (Å²) in [4.78, 5) is 0. The molecular weight excluding hydrogens is 239 g/mol. The van der Waals surface area contributed by atoms with Gasteiger partial charge in [-0.2, -0.15) is 18.4 Å². The monoisotopic (exact) mass is 247 g/mol. The minimum Gasteiger partial charge on any atom is -0.198 e. The van der Waals surface area contributed by atoms with Crippen LogP contribution in [-0.2, 0) is 6.18 Å². The van der Waals surface area contributed by atoms with Gasteiger partial charge in [-0.3, -0.25) is 0 Å². The first-order valence-corrected chi connectivity index (χ1v) is 5.04. The standard InChI is InChI=1S/C11H9ClF3N/c1-2-7(6-16)8-3-4-9(10(12)5-8)11(13,14)15/h3-5,7H,2H2,1H3. The van der Waals surface area contributed by atoms with E-state index in [1.165, 1.54) is 12.1 Å². The predicted molar refractivity (Wildman–Crippen MR) is 55.1 cm³/mol. The summed E-state index contributed by atoms with van der Waals surface area (Å²) in [5.74, 6) is -0.417. The molecule has 0 saturated heterocycles. The van der Waals surface area contributed by atoms with E-state index < -0.39 is 17.7 Å². The Bertz CT molecular complexity index is 420. The first kappa shape index (κ1) is 12.9. The average Bonchev–Trinajstić information content (AvgIpc) is 2.17. The highest BCUT2D eigenvalue weighted by Gasteiger charge is 2.33. The molecule has 0 spiro atoms. The molecule has 0 aromatic heterocycles. The number of nitriles is 1. The number of alkyl halides is 3. The van der Waals surface area contributed by atoms with Crippen molar-refractivity contribution in [3.63, 3.8) is 0 Å². The summed E-state index contributed by atoms with van der Waals surface area (Å²) in [6.45, 7) is 1.79. The first-order chi connectivity index (χ1) is 7.40. The molecule has 1 nitrogen and oxygen atoms in total. The lowest BCUT2D eigenvalue weighted by atomic mass is 9.97. The van der Waals surface area contributed by atoms with Gasteiger partial charge in [0.25, 0.3) is 0 Å². The maximum absolute atomic E-state index is 12.4. The van der Waals surface area contributed by atoms with Gasteiger partial charge in [0.1, 0.15) is 0 Å². The lowest BCUT2D eigenvalue weighted by Gasteiger charge is -2.12. The van der Waals surface area contributed by atoms with Crippen LogP contribution in [0.1, 0.15) is 30.4 Å². The maximum Gasteiger partial charge on any atom is 0.417 e. The van der Waals surface area contributed by atoms with Gasteiger partial charge in [0.15, 0.2) is 0 Å². The third kappa shape index (κ3) is 2.67. The second-order valence-electron chi connectivity index (χ2n) is 3.33. The molecule has 0 aliphatic heterocycles. The Kier molecular flexibility index (Phi) is 3.82. The summed E-state index contributed by atoms with van der Waals surface area (Å²) in [5.41, 5.74) is -0.353. The molecule has 0 aliphatic rings. The van der Waals surface area contributed by atoms with Crippen molar-refractivity contribution in [2.45, 2.75) is 25.4 Å². The quantitative estimate of drug-likeness (QED) is 0.761. The van der Waals surface area contributed by atoms with Gasteiger partial charge in [0.05, 0.1) is 22.6 Å². The van der Waals surface area contributed by atoms with Crippen LogP contribution in [0.2, 0.25) is 5.02 Å². The molecular formula is C11H9ClF3N. The van der Waals surface area contributed by atoms with Gasteiger partial charge in [0, 0.05) is 0 Å². The molecule has 0 aliphatic carbocycles. The Morgan fingerprint density at radius 2 is 2.06 bits per heavy atom. The second-order valence-corrected chi connectivity index (χ2v) is 3.73. The molecule has 86 valence electrons. The summed E-state index contributed by atoms with van der Waals surface area (Å²) in [5, 5.41) is 8.42. The highest BCUT2D eigenvalue weighted by atomic mass is 35.5. The van der Waals surface area contributed by atoms with Crippen LogP contribution in [0, 0.1) is 11.3 Å². The van der Waals surface area contributed by atoms with Gasteiger partial charge in [-0.1, -0.05) is 24.6 Å². The van der Waals surface area contributed by atoms with Crippen LogP contribution in [0.3, 0.4) is 0 Å². The van der Waals surface area contributed by atoms with E-state index in [1.807, 2.05) is 6.07 Å². The summed E-state index contributed by atoms with van der Waals surface area (Å²) < 4.78 is 37.2. The summed E-state index contributed by atoms with van der Waals surface area (Å²) in [6.07, 6.45) is -3.91. The maximum atomic E-state index is 12.4. The van der Waals surface area contributed by atoms with Gasteiger partial charge < -0.3 is 0 Å². The minimum atomic E-state index is -4.45. The number of hydrogen-bond donors (Lipinski definition) is 0. The second kappa shape index (κ2) is 4.75. The van der Waals surface area contributed by atoms with Crippen molar-refractivity contribution in [2.75, 3.05) is 0 Å². The van der Waals surface area contributed by atoms with Crippen LogP contribution in [0.5, 0.6) is 0 Å². The smallest absolute Gasteiger partial charge is 0.198 e. The fourth-order valence-corrected chi connectivity index (χ4v) is 1.68. The van der Waals surface area contributed by atoms with Gasteiger partial charge >= 0.3 is 6.18 Å². The third-order valence-electron chi connectivity index (χ3n) is 2.26. The van der Waals surface area contributed by atoms with E-state index in [-0.39, 0.29) is 5.02 Å². The van der Waals surface area contributed by atoms with Crippen molar-refractivity contribution >= 4 is 11.6 Å². The van der Waals surface area contributed by atoms with Crippen LogP contribution >= 0.6 is 11.6 Å². The first-order valence-electron chi connectivity index (χ1n) is 4.66. The van der Waals surface area contributed by atoms with E-state index in [1.54, 1.807) is 6.92 Å². The summed E-state index contributed by atoms with van der Waals surface area (Å²) in [7, 11) is 0. The van der Waals surface area contributed by atoms with E-state index in [4.69, 9.17) is 16.9 Å². The Morgan fingerprint density at radius 1 is 1.44 bits per heavy atom. The largest absolute Gasteiger partial charge is 0.417 e. The summed E-state index contributed by atoms with van der Waals surface area (Å²) in [6, 6.07) is 5.44. The molecule has 0 amide bonds. The number of benzene rings is 1. The third-order valence-corrected chi connectivity index (χ3v) is 2.58. The van der Waals surface area contributed by atoms with Crippen molar-refractivity contribution in [3.8, 4) is 6.07 Å². The molecule has 1 atom stereocenters. The fourth-order valence-electron chi connectivity index (χ4n) is 1.38. The molecule has 0 heterocycles. The van der Waals surface area contributed by atoms with Crippen LogP contribution in [-0.4, -0.2) is 0 Å². The molecule has 0 radical (unpaired) electrons. The topological polar surface area (TPSA) is 23.8 Å². The van der Waals surface area contributed by atoms with Gasteiger partial charge in [0.2, 0.25) is 0 Å². The fraction of sp³-hybridized carbons (Fsp3) is 0.364. The zero-order valence-corrected chi connectivity index (χ0v) is 9.23. The SMILES string of the molecule is CCC(C#N)c1ccc(C(F)(F)F)c(Cl)c1.